The fraction of sp³-hybridized carbons (Fsp3) is 0.0769. The van der Waals surface area contributed by atoms with E-state index < -0.39 is 0 Å². The molecule has 0 fully saturated rings. The van der Waals surface area contributed by atoms with Crippen LogP contribution in [0.5, 0.6) is 0 Å². The van der Waals surface area contributed by atoms with Gasteiger partial charge in [0.15, 0.2) is 5.82 Å². The van der Waals surface area contributed by atoms with E-state index in [2.05, 4.69) is 9.97 Å². The van der Waals surface area contributed by atoms with Gasteiger partial charge in [-0.2, -0.15) is 0 Å². The first-order valence-corrected chi connectivity index (χ1v) is 6.17. The van der Waals surface area contributed by atoms with Crippen molar-refractivity contribution in [2.24, 2.45) is 0 Å². The Morgan fingerprint density at radius 2 is 2.06 bits per heavy atom. The summed E-state index contributed by atoms with van der Waals surface area (Å²) in [6.07, 6.45) is 0. The summed E-state index contributed by atoms with van der Waals surface area (Å²) in [4.78, 5) is 20.3. The largest absolute Gasteiger partial charge is 0.305 e. The van der Waals surface area contributed by atoms with E-state index in [0.29, 0.717) is 11.2 Å². The van der Waals surface area contributed by atoms with Crippen LogP contribution in [0, 0.1) is 6.92 Å². The number of fused-ring (bicyclic) bond motifs is 1. The fourth-order valence-electron chi connectivity index (χ4n) is 1.81. The van der Waals surface area contributed by atoms with Gasteiger partial charge in [0.25, 0.3) is 5.56 Å². The van der Waals surface area contributed by atoms with Gasteiger partial charge < -0.3 is 4.98 Å². The molecule has 0 amide bonds. The van der Waals surface area contributed by atoms with Gasteiger partial charge in [0.05, 0.1) is 15.8 Å². The van der Waals surface area contributed by atoms with Crippen molar-refractivity contribution in [1.82, 2.24) is 9.97 Å². The normalized spacial score (nSPS) is 10.9. The zero-order valence-corrected chi connectivity index (χ0v) is 10.0. The number of aromatic amines is 1. The molecule has 0 atom stereocenters. The molecule has 84 valence electrons. The minimum Gasteiger partial charge on any atom is -0.305 e. The summed E-state index contributed by atoms with van der Waals surface area (Å²) >= 11 is 1.59. The average Bonchev–Trinajstić information content (AvgIpc) is 2.75. The van der Waals surface area contributed by atoms with Crippen molar-refractivity contribution >= 4 is 22.2 Å². The maximum atomic E-state index is 11.9. The van der Waals surface area contributed by atoms with Crippen LogP contribution >= 0.6 is 11.3 Å². The van der Waals surface area contributed by atoms with Gasteiger partial charge in [0.1, 0.15) is 0 Å². The molecular weight excluding hydrogens is 232 g/mol. The Labute approximate surface area is 102 Å². The zero-order valence-electron chi connectivity index (χ0n) is 9.23. The monoisotopic (exact) mass is 242 g/mol. The predicted octanol–water partition coefficient (Wildman–Crippen LogP) is 2.96. The SMILES string of the molecule is Cc1ccsc1-c1nc2ccccc2c(=O)[nH]1. The lowest BCUT2D eigenvalue weighted by molar-refractivity contribution is 1.18. The number of nitrogens with zero attached hydrogens (tertiary/aromatic N) is 1. The molecule has 0 saturated carbocycles. The first-order valence-electron chi connectivity index (χ1n) is 5.29. The van der Waals surface area contributed by atoms with Crippen molar-refractivity contribution < 1.29 is 0 Å². The molecule has 2 aromatic heterocycles. The van der Waals surface area contributed by atoms with Crippen molar-refractivity contribution in [2.45, 2.75) is 6.92 Å². The Balaban J connectivity index is 2.33. The maximum Gasteiger partial charge on any atom is 0.259 e. The molecule has 0 saturated heterocycles. The molecule has 3 rings (SSSR count). The molecule has 1 aromatic carbocycles. The standard InChI is InChI=1S/C13H10N2OS/c1-8-6-7-17-11(8)12-14-10-5-3-2-4-9(10)13(16)15-12/h2-7H,1H3,(H,14,15,16). The first kappa shape index (κ1) is 10.2. The Morgan fingerprint density at radius 3 is 2.82 bits per heavy atom. The van der Waals surface area contributed by atoms with Crippen LogP contribution in [0.3, 0.4) is 0 Å². The number of aromatic nitrogens is 2. The molecule has 3 aromatic rings. The van der Waals surface area contributed by atoms with Gasteiger partial charge in [0.2, 0.25) is 0 Å². The number of para-hydroxylation sites is 1. The van der Waals surface area contributed by atoms with Gasteiger partial charge >= 0.3 is 0 Å². The zero-order chi connectivity index (χ0) is 11.8. The summed E-state index contributed by atoms with van der Waals surface area (Å²) in [5.74, 6) is 0.654. The van der Waals surface area contributed by atoms with Gasteiger partial charge in [-0.1, -0.05) is 12.1 Å². The van der Waals surface area contributed by atoms with Crippen molar-refractivity contribution in [1.29, 1.82) is 0 Å². The Hall–Kier alpha value is -1.94. The van der Waals surface area contributed by atoms with E-state index in [9.17, 15) is 4.79 Å². The number of thiophene rings is 1. The molecule has 2 heterocycles. The number of aryl methyl sites for hydroxylation is 1. The summed E-state index contributed by atoms with van der Waals surface area (Å²) in [6, 6.07) is 9.40. The number of rotatable bonds is 1. The van der Waals surface area contributed by atoms with Crippen LogP contribution in [0.15, 0.2) is 40.5 Å². The molecular formula is C13H10N2OS. The van der Waals surface area contributed by atoms with Crippen molar-refractivity contribution in [3.63, 3.8) is 0 Å². The van der Waals surface area contributed by atoms with Crippen LogP contribution in [0.25, 0.3) is 21.6 Å². The van der Waals surface area contributed by atoms with Crippen LogP contribution in [0.1, 0.15) is 5.56 Å². The highest BCUT2D eigenvalue weighted by atomic mass is 32.1. The summed E-state index contributed by atoms with van der Waals surface area (Å²) in [5.41, 5.74) is 1.78. The summed E-state index contributed by atoms with van der Waals surface area (Å²) in [5, 5.41) is 2.63. The van der Waals surface area contributed by atoms with E-state index in [1.807, 2.05) is 36.6 Å². The third-order valence-electron chi connectivity index (χ3n) is 2.69. The topological polar surface area (TPSA) is 45.8 Å². The van der Waals surface area contributed by atoms with E-state index in [1.54, 1.807) is 17.4 Å². The molecule has 0 aliphatic carbocycles. The maximum absolute atomic E-state index is 11.9. The quantitative estimate of drug-likeness (QED) is 0.713. The summed E-state index contributed by atoms with van der Waals surface area (Å²) in [6.45, 7) is 2.01. The molecule has 17 heavy (non-hydrogen) atoms. The number of nitrogens with one attached hydrogen (secondary N) is 1. The Morgan fingerprint density at radius 1 is 1.24 bits per heavy atom. The van der Waals surface area contributed by atoms with Crippen LogP contribution < -0.4 is 5.56 Å². The third-order valence-corrected chi connectivity index (χ3v) is 3.71. The van der Waals surface area contributed by atoms with E-state index in [4.69, 9.17) is 0 Å². The van der Waals surface area contributed by atoms with Crippen molar-refractivity contribution in [2.75, 3.05) is 0 Å². The fourth-order valence-corrected chi connectivity index (χ4v) is 2.68. The minimum absolute atomic E-state index is 0.0848. The smallest absolute Gasteiger partial charge is 0.259 e. The molecule has 0 aliphatic rings. The summed E-state index contributed by atoms with van der Waals surface area (Å²) < 4.78 is 0. The third kappa shape index (κ3) is 1.66. The van der Waals surface area contributed by atoms with Gasteiger partial charge in [0, 0.05) is 0 Å². The van der Waals surface area contributed by atoms with Crippen LogP contribution in [-0.4, -0.2) is 9.97 Å². The van der Waals surface area contributed by atoms with Crippen molar-refractivity contribution in [3.05, 3.63) is 51.6 Å². The Kier molecular flexibility index (Phi) is 2.30. The number of benzene rings is 1. The lowest BCUT2D eigenvalue weighted by atomic mass is 10.2. The highest BCUT2D eigenvalue weighted by Crippen LogP contribution is 2.25. The lowest BCUT2D eigenvalue weighted by Gasteiger charge is -2.01. The van der Waals surface area contributed by atoms with Gasteiger partial charge in [-0.25, -0.2) is 4.98 Å². The van der Waals surface area contributed by atoms with E-state index in [-0.39, 0.29) is 5.56 Å². The minimum atomic E-state index is -0.0848. The van der Waals surface area contributed by atoms with Gasteiger partial charge in [-0.15, -0.1) is 11.3 Å². The second kappa shape index (κ2) is 3.82. The van der Waals surface area contributed by atoms with Crippen LogP contribution in [0.2, 0.25) is 0 Å². The Bertz CT molecular complexity index is 742. The predicted molar refractivity (Wildman–Crippen MR) is 70.4 cm³/mol. The van der Waals surface area contributed by atoms with E-state index >= 15 is 0 Å². The van der Waals surface area contributed by atoms with Gasteiger partial charge in [-0.3, -0.25) is 4.79 Å². The first-order chi connectivity index (χ1) is 8.25. The molecule has 0 spiro atoms. The lowest BCUT2D eigenvalue weighted by Crippen LogP contribution is -2.09. The van der Waals surface area contributed by atoms with Crippen molar-refractivity contribution in [3.8, 4) is 10.7 Å². The molecule has 3 nitrogen and oxygen atoms in total. The molecule has 0 unspecified atom stereocenters. The average molecular weight is 242 g/mol. The second-order valence-electron chi connectivity index (χ2n) is 3.86. The number of H-pyrrole nitrogens is 1. The van der Waals surface area contributed by atoms with Gasteiger partial charge in [-0.05, 0) is 36.1 Å². The van der Waals surface area contributed by atoms with E-state index in [1.165, 1.54) is 0 Å². The number of hydrogen-bond donors (Lipinski definition) is 1. The van der Waals surface area contributed by atoms with E-state index in [0.717, 1.165) is 16.0 Å². The molecule has 0 aliphatic heterocycles. The highest BCUT2D eigenvalue weighted by molar-refractivity contribution is 7.13. The highest BCUT2D eigenvalue weighted by Gasteiger charge is 2.08. The molecule has 1 N–H and O–H groups in total. The van der Waals surface area contributed by atoms with Crippen LogP contribution in [-0.2, 0) is 0 Å². The number of hydrogen-bond acceptors (Lipinski definition) is 3. The summed E-state index contributed by atoms with van der Waals surface area (Å²) in [7, 11) is 0. The van der Waals surface area contributed by atoms with Crippen LogP contribution in [0.4, 0.5) is 0 Å². The molecule has 0 radical (unpaired) electrons. The molecule has 0 bridgehead atoms. The second-order valence-corrected chi connectivity index (χ2v) is 4.78. The molecule has 4 heteroatoms.